The van der Waals surface area contributed by atoms with E-state index in [1.165, 1.54) is 36.1 Å². The third-order valence-electron chi connectivity index (χ3n) is 9.83. The van der Waals surface area contributed by atoms with Gasteiger partial charge in [0.2, 0.25) is 10.0 Å². The van der Waals surface area contributed by atoms with Crippen molar-refractivity contribution < 1.29 is 27.5 Å². The molecule has 0 atom stereocenters. The minimum Gasteiger partial charge on any atom is -0.445 e. The number of aryl methyl sites for hydroxylation is 1. The number of aromatic nitrogens is 2. The van der Waals surface area contributed by atoms with E-state index in [1.54, 1.807) is 47.9 Å². The Morgan fingerprint density at radius 3 is 2.54 bits per heavy atom. The quantitative estimate of drug-likeness (QED) is 0.197. The van der Waals surface area contributed by atoms with Crippen molar-refractivity contribution in [1.82, 2.24) is 24.5 Å². The Labute approximate surface area is 307 Å². The first-order valence-electron chi connectivity index (χ1n) is 17.3. The summed E-state index contributed by atoms with van der Waals surface area (Å²) in [6, 6.07) is 18.1. The van der Waals surface area contributed by atoms with Crippen molar-refractivity contribution >= 4 is 56.0 Å². The van der Waals surface area contributed by atoms with Crippen LogP contribution < -0.4 is 14.9 Å². The molecule has 1 saturated carbocycles. The maximum atomic E-state index is 13.8. The first kappa shape index (κ1) is 35.5. The van der Waals surface area contributed by atoms with E-state index >= 15 is 0 Å². The van der Waals surface area contributed by atoms with Gasteiger partial charge < -0.3 is 15.0 Å². The molecule has 15 heteroatoms. The number of carbonyl (C=O) groups excluding carboxylic acids is 3. The third-order valence-corrected chi connectivity index (χ3v) is 12.4. The standard InChI is InChI=1S/C37H41N7O6S2/c1-23-32(26-19-27-21-42(16-15-24-13-14-24)33(45)31(27)28(20-26)52(48,49)38-4)51-35(39-23)41-29-11-8-12-30(40-29)43-17-18-44(37(2,3)34(43)46)36(47)50-22-25-9-6-5-7-10-25/h5-12,19-20,24,38H,13-18,21-22H2,1-4H3,(H,39,40,41). The lowest BCUT2D eigenvalue weighted by Gasteiger charge is -2.44. The van der Waals surface area contributed by atoms with Crippen LogP contribution in [0.2, 0.25) is 0 Å². The number of hydrogen-bond acceptors (Lipinski definition) is 10. The summed E-state index contributed by atoms with van der Waals surface area (Å²) in [5, 5.41) is 3.77. The Hall–Kier alpha value is -4.86. The number of benzene rings is 2. The van der Waals surface area contributed by atoms with Crippen molar-refractivity contribution in [3.05, 3.63) is 83.0 Å². The number of piperazine rings is 1. The number of rotatable bonds is 11. The fourth-order valence-corrected chi connectivity index (χ4v) is 8.64. The fourth-order valence-electron chi connectivity index (χ4n) is 6.69. The molecule has 272 valence electrons. The molecular formula is C37H41N7O6S2. The number of carbonyl (C=O) groups is 3. The van der Waals surface area contributed by atoms with Crippen molar-refractivity contribution in [1.29, 1.82) is 0 Å². The van der Waals surface area contributed by atoms with Gasteiger partial charge in [0.1, 0.15) is 23.8 Å². The molecule has 3 amide bonds. The van der Waals surface area contributed by atoms with Gasteiger partial charge in [0.05, 0.1) is 21.0 Å². The smallest absolute Gasteiger partial charge is 0.411 e. The molecule has 2 aromatic heterocycles. The Kier molecular flexibility index (Phi) is 9.52. The normalized spacial score (nSPS) is 17.0. The molecule has 2 aliphatic heterocycles. The number of thiazole rings is 1. The second kappa shape index (κ2) is 13.9. The van der Waals surface area contributed by atoms with Gasteiger partial charge in [-0.25, -0.2) is 27.9 Å². The molecule has 4 heterocycles. The highest BCUT2D eigenvalue weighted by atomic mass is 32.2. The molecule has 0 radical (unpaired) electrons. The number of nitrogens with zero attached hydrogens (tertiary/aromatic N) is 5. The van der Waals surface area contributed by atoms with E-state index in [0.29, 0.717) is 52.6 Å². The summed E-state index contributed by atoms with van der Waals surface area (Å²) in [7, 11) is -2.59. The highest BCUT2D eigenvalue weighted by molar-refractivity contribution is 7.89. The van der Waals surface area contributed by atoms with Crippen LogP contribution in [0.1, 0.15) is 60.3 Å². The van der Waals surface area contributed by atoms with E-state index in [2.05, 4.69) is 10.0 Å². The lowest BCUT2D eigenvalue weighted by Crippen LogP contribution is -2.65. The maximum absolute atomic E-state index is 13.8. The molecule has 52 heavy (non-hydrogen) atoms. The van der Waals surface area contributed by atoms with Gasteiger partial charge in [-0.15, -0.1) is 0 Å². The minimum absolute atomic E-state index is 0.0322. The number of hydrogen-bond donors (Lipinski definition) is 2. The number of ether oxygens (including phenoxy) is 1. The summed E-state index contributed by atoms with van der Waals surface area (Å²) < 4.78 is 34.3. The number of pyridine rings is 1. The van der Waals surface area contributed by atoms with Gasteiger partial charge in [-0.1, -0.05) is 60.6 Å². The molecule has 0 bridgehead atoms. The molecule has 13 nitrogen and oxygen atoms in total. The Balaban J connectivity index is 1.08. The Bertz CT molecular complexity index is 2150. The zero-order valence-electron chi connectivity index (χ0n) is 29.5. The van der Waals surface area contributed by atoms with Crippen LogP contribution in [0.3, 0.4) is 0 Å². The number of fused-ring (bicyclic) bond motifs is 1. The molecule has 1 aliphatic carbocycles. The van der Waals surface area contributed by atoms with Crippen molar-refractivity contribution in [2.24, 2.45) is 5.92 Å². The molecule has 0 unspecified atom stereocenters. The highest BCUT2D eigenvalue weighted by Crippen LogP contribution is 2.40. The molecule has 2 fully saturated rings. The average Bonchev–Trinajstić information content (AvgIpc) is 3.81. The number of nitrogens with one attached hydrogen (secondary N) is 2. The minimum atomic E-state index is -3.93. The van der Waals surface area contributed by atoms with Crippen LogP contribution in [-0.2, 0) is 32.7 Å². The monoisotopic (exact) mass is 743 g/mol. The fraction of sp³-hybridized carbons (Fsp3) is 0.378. The number of anilines is 3. The van der Waals surface area contributed by atoms with Gasteiger partial charge in [0.15, 0.2) is 5.13 Å². The van der Waals surface area contributed by atoms with E-state index < -0.39 is 21.7 Å². The molecule has 0 spiro atoms. The first-order chi connectivity index (χ1) is 24.9. The van der Waals surface area contributed by atoms with Crippen LogP contribution in [0, 0.1) is 12.8 Å². The van der Waals surface area contributed by atoms with Gasteiger partial charge in [-0.3, -0.25) is 19.4 Å². The maximum Gasteiger partial charge on any atom is 0.411 e. The van der Waals surface area contributed by atoms with E-state index in [1.807, 2.05) is 43.3 Å². The van der Waals surface area contributed by atoms with Gasteiger partial charge in [0, 0.05) is 26.2 Å². The van der Waals surface area contributed by atoms with E-state index in [9.17, 15) is 22.8 Å². The zero-order valence-corrected chi connectivity index (χ0v) is 31.1. The number of amides is 3. The molecule has 2 N–H and O–H groups in total. The summed E-state index contributed by atoms with van der Waals surface area (Å²) in [6.45, 7) is 6.80. The predicted molar refractivity (Wildman–Crippen MR) is 198 cm³/mol. The van der Waals surface area contributed by atoms with Crippen LogP contribution in [0.5, 0.6) is 0 Å². The van der Waals surface area contributed by atoms with Crippen molar-refractivity contribution in [3.63, 3.8) is 0 Å². The average molecular weight is 744 g/mol. The molecule has 4 aromatic rings. The van der Waals surface area contributed by atoms with Gasteiger partial charge >= 0.3 is 6.09 Å². The van der Waals surface area contributed by atoms with Crippen molar-refractivity contribution in [2.75, 3.05) is 36.9 Å². The van der Waals surface area contributed by atoms with E-state index in [0.717, 1.165) is 16.9 Å². The highest BCUT2D eigenvalue weighted by Gasteiger charge is 2.46. The number of sulfonamides is 1. The summed E-state index contributed by atoms with van der Waals surface area (Å²) in [4.78, 5) is 55.1. The van der Waals surface area contributed by atoms with E-state index in [4.69, 9.17) is 14.7 Å². The molecule has 1 saturated heterocycles. The van der Waals surface area contributed by atoms with Gasteiger partial charge in [-0.2, -0.15) is 0 Å². The van der Waals surface area contributed by atoms with Crippen LogP contribution in [0.15, 0.2) is 65.6 Å². The lowest BCUT2D eigenvalue weighted by atomic mass is 9.98. The summed E-state index contributed by atoms with van der Waals surface area (Å²) in [6.07, 6.45) is 2.73. The molecular weight excluding hydrogens is 703 g/mol. The summed E-state index contributed by atoms with van der Waals surface area (Å²) in [5.74, 6) is 0.979. The largest absolute Gasteiger partial charge is 0.445 e. The zero-order chi connectivity index (χ0) is 36.8. The van der Waals surface area contributed by atoms with Crippen LogP contribution >= 0.6 is 11.3 Å². The Morgan fingerprint density at radius 1 is 1.04 bits per heavy atom. The molecule has 2 aromatic carbocycles. The van der Waals surface area contributed by atoms with Crippen molar-refractivity contribution in [2.45, 2.75) is 63.6 Å². The van der Waals surface area contributed by atoms with E-state index in [-0.39, 0.29) is 42.0 Å². The lowest BCUT2D eigenvalue weighted by molar-refractivity contribution is -0.130. The molecule has 7 rings (SSSR count). The van der Waals surface area contributed by atoms with Crippen LogP contribution in [0.25, 0.3) is 10.4 Å². The summed E-state index contributed by atoms with van der Waals surface area (Å²) >= 11 is 1.34. The molecule has 3 aliphatic rings. The summed E-state index contributed by atoms with van der Waals surface area (Å²) in [5.41, 5.74) is 1.93. The second-order valence-electron chi connectivity index (χ2n) is 13.8. The van der Waals surface area contributed by atoms with Crippen LogP contribution in [-0.4, -0.2) is 78.3 Å². The van der Waals surface area contributed by atoms with Gasteiger partial charge in [-0.05, 0) is 81.1 Å². The predicted octanol–water partition coefficient (Wildman–Crippen LogP) is 5.69. The SMILES string of the molecule is CNS(=O)(=O)c1cc(-c2sc(Nc3cccc(N4CCN(C(=O)OCc5ccccc5)C(C)(C)C4=O)n3)nc2C)cc2c1C(=O)N(CCC1CC1)C2. The third kappa shape index (κ3) is 6.99. The first-order valence-corrected chi connectivity index (χ1v) is 19.6. The topological polar surface area (TPSA) is 154 Å². The van der Waals surface area contributed by atoms with Crippen molar-refractivity contribution in [3.8, 4) is 10.4 Å². The second-order valence-corrected chi connectivity index (χ2v) is 16.7. The Morgan fingerprint density at radius 2 is 1.81 bits per heavy atom. The van der Waals surface area contributed by atoms with Crippen LogP contribution in [0.4, 0.5) is 21.6 Å². The van der Waals surface area contributed by atoms with Gasteiger partial charge in [0.25, 0.3) is 11.8 Å².